The fourth-order valence-corrected chi connectivity index (χ4v) is 1.49. The van der Waals surface area contributed by atoms with E-state index in [-0.39, 0.29) is 0 Å². The lowest BCUT2D eigenvalue weighted by Crippen LogP contribution is -2.23. The SMILES string of the molecule is COC(C)(O)c1ccc(C(C)=N)c(C)c1. The van der Waals surface area contributed by atoms with Gasteiger partial charge in [0.2, 0.25) is 0 Å². The lowest BCUT2D eigenvalue weighted by molar-refractivity contribution is -0.179. The molecule has 0 aromatic heterocycles. The van der Waals surface area contributed by atoms with E-state index in [2.05, 4.69) is 0 Å². The van der Waals surface area contributed by atoms with Crippen LogP contribution in [0.5, 0.6) is 0 Å². The Bertz CT molecular complexity index is 383. The van der Waals surface area contributed by atoms with Crippen LogP contribution >= 0.6 is 0 Å². The smallest absolute Gasteiger partial charge is 0.189 e. The van der Waals surface area contributed by atoms with Crippen LogP contribution in [0.1, 0.15) is 30.5 Å². The molecule has 1 rings (SSSR count). The van der Waals surface area contributed by atoms with Gasteiger partial charge in [-0.25, -0.2) is 0 Å². The van der Waals surface area contributed by atoms with Crippen LogP contribution in [0.15, 0.2) is 18.2 Å². The third-order valence-electron chi connectivity index (χ3n) is 2.56. The Morgan fingerprint density at radius 2 is 2.07 bits per heavy atom. The van der Waals surface area contributed by atoms with E-state index in [1.165, 1.54) is 7.11 Å². The first-order valence-electron chi connectivity index (χ1n) is 4.82. The van der Waals surface area contributed by atoms with E-state index in [0.717, 1.165) is 11.1 Å². The third-order valence-corrected chi connectivity index (χ3v) is 2.56. The summed E-state index contributed by atoms with van der Waals surface area (Å²) in [4.78, 5) is 0. The molecule has 0 heterocycles. The summed E-state index contributed by atoms with van der Waals surface area (Å²) in [5.74, 6) is -1.26. The topological polar surface area (TPSA) is 53.3 Å². The molecule has 82 valence electrons. The van der Waals surface area contributed by atoms with Crippen molar-refractivity contribution < 1.29 is 9.84 Å². The van der Waals surface area contributed by atoms with Crippen molar-refractivity contribution in [2.75, 3.05) is 7.11 Å². The minimum absolute atomic E-state index is 0.524. The van der Waals surface area contributed by atoms with Crippen LogP contribution in [0, 0.1) is 12.3 Å². The molecule has 0 spiro atoms. The molecule has 1 atom stereocenters. The largest absolute Gasteiger partial charge is 0.362 e. The molecule has 3 heteroatoms. The van der Waals surface area contributed by atoms with Crippen molar-refractivity contribution in [2.24, 2.45) is 0 Å². The Balaban J connectivity index is 3.18. The first-order valence-corrected chi connectivity index (χ1v) is 4.82. The molecule has 0 aliphatic carbocycles. The van der Waals surface area contributed by atoms with Gasteiger partial charge in [-0.05, 0) is 31.9 Å². The maximum Gasteiger partial charge on any atom is 0.189 e. The van der Waals surface area contributed by atoms with Gasteiger partial charge in [0, 0.05) is 18.4 Å². The van der Waals surface area contributed by atoms with Gasteiger partial charge in [-0.15, -0.1) is 0 Å². The zero-order valence-corrected chi connectivity index (χ0v) is 9.59. The van der Waals surface area contributed by atoms with Gasteiger partial charge >= 0.3 is 0 Å². The molecule has 1 unspecified atom stereocenters. The fourth-order valence-electron chi connectivity index (χ4n) is 1.49. The molecule has 0 fully saturated rings. The lowest BCUT2D eigenvalue weighted by Gasteiger charge is -2.22. The average molecular weight is 207 g/mol. The van der Waals surface area contributed by atoms with E-state index in [1.807, 2.05) is 19.1 Å². The predicted octanol–water partition coefficient (Wildman–Crippen LogP) is 2.19. The van der Waals surface area contributed by atoms with E-state index < -0.39 is 5.79 Å². The summed E-state index contributed by atoms with van der Waals surface area (Å²) in [6.07, 6.45) is 0. The molecule has 2 N–H and O–H groups in total. The van der Waals surface area contributed by atoms with Crippen LogP contribution in [0.2, 0.25) is 0 Å². The van der Waals surface area contributed by atoms with Gasteiger partial charge in [0.25, 0.3) is 0 Å². The van der Waals surface area contributed by atoms with E-state index in [0.29, 0.717) is 11.3 Å². The number of hydrogen-bond acceptors (Lipinski definition) is 3. The highest BCUT2D eigenvalue weighted by molar-refractivity contribution is 5.97. The molecule has 0 saturated heterocycles. The van der Waals surface area contributed by atoms with Gasteiger partial charge in [0.15, 0.2) is 5.79 Å². The number of methoxy groups -OCH3 is 1. The zero-order chi connectivity index (χ0) is 11.6. The molecule has 0 bridgehead atoms. The van der Waals surface area contributed by atoms with Gasteiger partial charge < -0.3 is 15.3 Å². The number of nitrogens with one attached hydrogen (secondary N) is 1. The van der Waals surface area contributed by atoms with Crippen molar-refractivity contribution in [3.63, 3.8) is 0 Å². The van der Waals surface area contributed by atoms with Crippen LogP contribution < -0.4 is 0 Å². The molecule has 0 aliphatic heterocycles. The Labute approximate surface area is 90.2 Å². The Morgan fingerprint density at radius 1 is 1.47 bits per heavy atom. The standard InChI is InChI=1S/C12H17NO2/c1-8-7-10(12(3,14)15-4)5-6-11(8)9(2)13/h5-7,13-14H,1-4H3. The van der Waals surface area contributed by atoms with Crippen molar-refractivity contribution in [2.45, 2.75) is 26.6 Å². The number of aliphatic hydroxyl groups is 1. The van der Waals surface area contributed by atoms with Crippen LogP contribution in [0.25, 0.3) is 0 Å². The number of rotatable bonds is 3. The average Bonchev–Trinajstić information content (AvgIpc) is 2.17. The van der Waals surface area contributed by atoms with Crippen molar-refractivity contribution in [3.8, 4) is 0 Å². The minimum Gasteiger partial charge on any atom is -0.362 e. The van der Waals surface area contributed by atoms with Crippen LogP contribution in [-0.4, -0.2) is 17.9 Å². The summed E-state index contributed by atoms with van der Waals surface area (Å²) in [7, 11) is 1.46. The molecule has 1 aromatic rings. The second-order valence-electron chi connectivity index (χ2n) is 3.84. The molecule has 1 aromatic carbocycles. The Hall–Kier alpha value is -1.19. The minimum atomic E-state index is -1.26. The highest BCUT2D eigenvalue weighted by atomic mass is 16.6. The fraction of sp³-hybridized carbons (Fsp3) is 0.417. The number of aryl methyl sites for hydroxylation is 1. The first kappa shape index (κ1) is 11.9. The van der Waals surface area contributed by atoms with E-state index >= 15 is 0 Å². The molecule has 0 aliphatic rings. The summed E-state index contributed by atoms with van der Waals surface area (Å²) in [6.45, 7) is 5.26. The summed E-state index contributed by atoms with van der Waals surface area (Å²) in [5.41, 5.74) is 3.09. The Kier molecular flexibility index (Phi) is 3.27. The summed E-state index contributed by atoms with van der Waals surface area (Å²) < 4.78 is 4.98. The molecule has 15 heavy (non-hydrogen) atoms. The number of benzene rings is 1. The van der Waals surface area contributed by atoms with Crippen LogP contribution in [0.4, 0.5) is 0 Å². The zero-order valence-electron chi connectivity index (χ0n) is 9.59. The molecule has 0 saturated carbocycles. The van der Waals surface area contributed by atoms with Gasteiger partial charge in [-0.3, -0.25) is 0 Å². The quantitative estimate of drug-likeness (QED) is 0.589. The van der Waals surface area contributed by atoms with Gasteiger partial charge in [0.05, 0.1) is 0 Å². The maximum atomic E-state index is 9.87. The predicted molar refractivity (Wildman–Crippen MR) is 60.3 cm³/mol. The third kappa shape index (κ3) is 2.43. The number of ether oxygens (including phenoxy) is 1. The van der Waals surface area contributed by atoms with E-state index in [4.69, 9.17) is 10.1 Å². The van der Waals surface area contributed by atoms with Crippen molar-refractivity contribution in [3.05, 3.63) is 34.9 Å². The molecular formula is C12H17NO2. The van der Waals surface area contributed by atoms with Crippen LogP contribution in [0.3, 0.4) is 0 Å². The van der Waals surface area contributed by atoms with Crippen LogP contribution in [-0.2, 0) is 10.5 Å². The van der Waals surface area contributed by atoms with E-state index in [9.17, 15) is 5.11 Å². The van der Waals surface area contributed by atoms with Gasteiger partial charge in [-0.1, -0.05) is 18.2 Å². The highest BCUT2D eigenvalue weighted by Gasteiger charge is 2.22. The molecule has 0 amide bonds. The van der Waals surface area contributed by atoms with Crippen molar-refractivity contribution in [1.82, 2.24) is 0 Å². The highest BCUT2D eigenvalue weighted by Crippen LogP contribution is 2.23. The second-order valence-corrected chi connectivity index (χ2v) is 3.84. The van der Waals surface area contributed by atoms with Gasteiger partial charge in [0.1, 0.15) is 0 Å². The van der Waals surface area contributed by atoms with E-state index in [1.54, 1.807) is 19.9 Å². The maximum absolute atomic E-state index is 9.87. The Morgan fingerprint density at radius 3 is 2.47 bits per heavy atom. The van der Waals surface area contributed by atoms with Crippen molar-refractivity contribution in [1.29, 1.82) is 5.41 Å². The summed E-state index contributed by atoms with van der Waals surface area (Å²) in [6, 6.07) is 5.46. The molecule has 3 nitrogen and oxygen atoms in total. The summed E-state index contributed by atoms with van der Waals surface area (Å²) >= 11 is 0. The normalized spacial score (nSPS) is 14.7. The first-order chi connectivity index (χ1) is 6.88. The number of hydrogen-bond donors (Lipinski definition) is 2. The monoisotopic (exact) mass is 207 g/mol. The van der Waals surface area contributed by atoms with Gasteiger partial charge in [-0.2, -0.15) is 0 Å². The second kappa shape index (κ2) is 4.13. The molecular weight excluding hydrogens is 190 g/mol. The van der Waals surface area contributed by atoms with Crippen molar-refractivity contribution >= 4 is 5.71 Å². The summed E-state index contributed by atoms with van der Waals surface area (Å²) in [5, 5.41) is 17.4. The molecule has 0 radical (unpaired) electrons. The lowest BCUT2D eigenvalue weighted by atomic mass is 9.98.